The van der Waals surface area contributed by atoms with Gasteiger partial charge in [-0.25, -0.2) is 4.79 Å². The first-order valence-corrected chi connectivity index (χ1v) is 10.2. The van der Waals surface area contributed by atoms with Crippen molar-refractivity contribution in [3.05, 3.63) is 0 Å². The fraction of sp³-hybridized carbons (Fsp3) is 0.824. The van der Waals surface area contributed by atoms with Crippen molar-refractivity contribution in [2.24, 2.45) is 0 Å². The smallest absolute Gasteiger partial charge is 0.315 e. The number of carbonyl (C=O) groups excluding carboxylic acids is 2. The van der Waals surface area contributed by atoms with E-state index in [9.17, 15) is 14.4 Å². The standard InChI is InChI=1S/C17H29N3O4S/c1-20(10-6-2-3-9-15(22)23)14(21)8-5-4-7-13-16-12(11-25-13)18-17(24)19-16/h12-13,16H,2-11H2,1H3,(H,22,23)(H2,18,19,24)/t12-,13-,16?/m0/s1. The van der Waals surface area contributed by atoms with Crippen LogP contribution in [0.15, 0.2) is 0 Å². The number of amides is 3. The third kappa shape index (κ3) is 6.41. The molecule has 142 valence electrons. The van der Waals surface area contributed by atoms with Gasteiger partial charge < -0.3 is 20.6 Å². The Morgan fingerprint density at radius 3 is 2.68 bits per heavy atom. The van der Waals surface area contributed by atoms with Crippen LogP contribution in [0.1, 0.15) is 51.4 Å². The predicted molar refractivity (Wildman–Crippen MR) is 97.7 cm³/mol. The van der Waals surface area contributed by atoms with Gasteiger partial charge in [0.1, 0.15) is 0 Å². The Morgan fingerprint density at radius 1 is 1.16 bits per heavy atom. The molecule has 0 aromatic carbocycles. The second-order valence-electron chi connectivity index (χ2n) is 6.89. The molecule has 2 aliphatic heterocycles. The van der Waals surface area contributed by atoms with E-state index in [-0.39, 0.29) is 30.4 Å². The van der Waals surface area contributed by atoms with E-state index < -0.39 is 5.97 Å². The van der Waals surface area contributed by atoms with Crippen molar-refractivity contribution in [3.8, 4) is 0 Å². The molecule has 0 radical (unpaired) electrons. The maximum Gasteiger partial charge on any atom is 0.315 e. The average molecular weight is 372 g/mol. The lowest BCUT2D eigenvalue weighted by Crippen LogP contribution is -2.36. The van der Waals surface area contributed by atoms with Crippen molar-refractivity contribution in [1.82, 2.24) is 15.5 Å². The van der Waals surface area contributed by atoms with E-state index in [1.807, 2.05) is 18.8 Å². The van der Waals surface area contributed by atoms with Gasteiger partial charge in [-0.3, -0.25) is 9.59 Å². The topological polar surface area (TPSA) is 98.7 Å². The molecule has 8 heteroatoms. The molecule has 1 unspecified atom stereocenters. The monoisotopic (exact) mass is 371 g/mol. The summed E-state index contributed by atoms with van der Waals surface area (Å²) >= 11 is 1.90. The van der Waals surface area contributed by atoms with Gasteiger partial charge in [-0.05, 0) is 25.7 Å². The zero-order valence-electron chi connectivity index (χ0n) is 14.8. The van der Waals surface area contributed by atoms with Crippen LogP contribution in [0.3, 0.4) is 0 Å². The fourth-order valence-electron chi connectivity index (χ4n) is 3.38. The highest BCUT2D eigenvalue weighted by Crippen LogP contribution is 2.33. The minimum Gasteiger partial charge on any atom is -0.481 e. The number of aliphatic carboxylic acids is 1. The lowest BCUT2D eigenvalue weighted by molar-refractivity contribution is -0.137. The fourth-order valence-corrected chi connectivity index (χ4v) is 4.93. The molecule has 0 saturated carbocycles. The molecule has 2 rings (SSSR count). The summed E-state index contributed by atoms with van der Waals surface area (Å²) in [6, 6.07) is 0.443. The van der Waals surface area contributed by atoms with Gasteiger partial charge >= 0.3 is 12.0 Å². The number of thioether (sulfide) groups is 1. The van der Waals surface area contributed by atoms with E-state index >= 15 is 0 Å². The third-order valence-electron chi connectivity index (χ3n) is 4.88. The number of fused-ring (bicyclic) bond motifs is 1. The van der Waals surface area contributed by atoms with E-state index in [4.69, 9.17) is 5.11 Å². The summed E-state index contributed by atoms with van der Waals surface area (Å²) in [6.07, 6.45) is 6.02. The van der Waals surface area contributed by atoms with Gasteiger partial charge in [-0.2, -0.15) is 11.8 Å². The predicted octanol–water partition coefficient (Wildman–Crippen LogP) is 1.82. The highest BCUT2D eigenvalue weighted by Gasteiger charge is 2.42. The van der Waals surface area contributed by atoms with E-state index in [0.717, 1.165) is 37.9 Å². The van der Waals surface area contributed by atoms with Crippen molar-refractivity contribution in [2.45, 2.75) is 68.7 Å². The van der Waals surface area contributed by atoms with Gasteiger partial charge in [0.2, 0.25) is 5.91 Å². The largest absolute Gasteiger partial charge is 0.481 e. The first-order chi connectivity index (χ1) is 12.0. The Hall–Kier alpha value is -1.44. The SMILES string of the molecule is CN(CCCCCC(=O)O)C(=O)CCCC[C@@H]1SC[C@@H]2NC(=O)NC21. The van der Waals surface area contributed by atoms with Crippen molar-refractivity contribution < 1.29 is 19.5 Å². The second-order valence-corrected chi connectivity index (χ2v) is 8.16. The summed E-state index contributed by atoms with van der Waals surface area (Å²) in [5, 5.41) is 15.0. The Kier molecular flexibility index (Phi) is 7.87. The average Bonchev–Trinajstić information content (AvgIpc) is 3.10. The van der Waals surface area contributed by atoms with Gasteiger partial charge in [-0.1, -0.05) is 12.8 Å². The molecule has 25 heavy (non-hydrogen) atoms. The molecule has 2 saturated heterocycles. The number of unbranched alkanes of at least 4 members (excludes halogenated alkanes) is 3. The lowest BCUT2D eigenvalue weighted by Gasteiger charge is -2.18. The van der Waals surface area contributed by atoms with Crippen LogP contribution < -0.4 is 10.6 Å². The van der Waals surface area contributed by atoms with Gasteiger partial charge in [0.25, 0.3) is 0 Å². The number of hydrogen-bond donors (Lipinski definition) is 3. The second kappa shape index (κ2) is 9.89. The highest BCUT2D eigenvalue weighted by atomic mass is 32.2. The van der Waals surface area contributed by atoms with Crippen molar-refractivity contribution in [3.63, 3.8) is 0 Å². The van der Waals surface area contributed by atoms with Gasteiger partial charge in [0, 0.05) is 37.4 Å². The van der Waals surface area contributed by atoms with Crippen molar-refractivity contribution in [2.75, 3.05) is 19.3 Å². The van der Waals surface area contributed by atoms with Crippen LogP contribution in [-0.4, -0.2) is 64.6 Å². The minimum atomic E-state index is -0.760. The Bertz CT molecular complexity index is 489. The third-order valence-corrected chi connectivity index (χ3v) is 6.39. The molecule has 3 atom stereocenters. The first kappa shape index (κ1) is 19.9. The molecule has 0 bridgehead atoms. The molecule has 2 aliphatic rings. The zero-order valence-corrected chi connectivity index (χ0v) is 15.6. The molecule has 0 aromatic rings. The maximum atomic E-state index is 12.1. The minimum absolute atomic E-state index is 0.0551. The number of nitrogens with zero attached hydrogens (tertiary/aromatic N) is 1. The molecule has 7 nitrogen and oxygen atoms in total. The van der Waals surface area contributed by atoms with Crippen LogP contribution in [0.2, 0.25) is 0 Å². The summed E-state index contributed by atoms with van der Waals surface area (Å²) in [5.74, 6) is 0.368. The molecule has 2 fully saturated rings. The van der Waals surface area contributed by atoms with Crippen LogP contribution in [0.25, 0.3) is 0 Å². The number of carbonyl (C=O) groups is 3. The normalized spacial score (nSPS) is 24.5. The van der Waals surface area contributed by atoms with Crippen LogP contribution in [-0.2, 0) is 9.59 Å². The summed E-state index contributed by atoms with van der Waals surface area (Å²) in [7, 11) is 1.82. The number of hydrogen-bond acceptors (Lipinski definition) is 4. The number of urea groups is 1. The highest BCUT2D eigenvalue weighted by molar-refractivity contribution is 8.00. The summed E-state index contributed by atoms with van der Waals surface area (Å²) < 4.78 is 0. The van der Waals surface area contributed by atoms with E-state index in [1.165, 1.54) is 0 Å². The van der Waals surface area contributed by atoms with Gasteiger partial charge in [-0.15, -0.1) is 0 Å². The molecule has 3 N–H and O–H groups in total. The van der Waals surface area contributed by atoms with E-state index in [0.29, 0.717) is 24.6 Å². The van der Waals surface area contributed by atoms with Crippen molar-refractivity contribution in [1.29, 1.82) is 0 Å². The van der Waals surface area contributed by atoms with Crippen molar-refractivity contribution >= 4 is 29.7 Å². The number of rotatable bonds is 11. The van der Waals surface area contributed by atoms with Crippen LogP contribution in [0.5, 0.6) is 0 Å². The van der Waals surface area contributed by atoms with Gasteiger partial charge in [0.15, 0.2) is 0 Å². The number of nitrogens with one attached hydrogen (secondary N) is 2. The maximum absolute atomic E-state index is 12.1. The van der Waals surface area contributed by atoms with E-state index in [1.54, 1.807) is 4.90 Å². The summed E-state index contributed by atoms with van der Waals surface area (Å²) in [4.78, 5) is 35.6. The van der Waals surface area contributed by atoms with E-state index in [2.05, 4.69) is 10.6 Å². The first-order valence-electron chi connectivity index (χ1n) is 9.12. The molecule has 3 amide bonds. The molecular formula is C17H29N3O4S. The molecular weight excluding hydrogens is 342 g/mol. The molecule has 0 aromatic heterocycles. The Balaban J connectivity index is 1.51. The van der Waals surface area contributed by atoms with Crippen LogP contribution in [0, 0.1) is 0 Å². The molecule has 0 aliphatic carbocycles. The molecule has 2 heterocycles. The number of carboxylic acids is 1. The van der Waals surface area contributed by atoms with Gasteiger partial charge in [0.05, 0.1) is 12.1 Å². The lowest BCUT2D eigenvalue weighted by atomic mass is 10.0. The molecule has 0 spiro atoms. The Labute approximate surface area is 153 Å². The summed E-state index contributed by atoms with van der Waals surface area (Å²) in [5.41, 5.74) is 0. The van der Waals surface area contributed by atoms with Crippen LogP contribution >= 0.6 is 11.8 Å². The zero-order chi connectivity index (χ0) is 18.2. The summed E-state index contributed by atoms with van der Waals surface area (Å²) in [6.45, 7) is 0.693. The number of carboxylic acid groups (broad SMARTS) is 1. The quantitative estimate of drug-likeness (QED) is 0.380. The van der Waals surface area contributed by atoms with Crippen LogP contribution in [0.4, 0.5) is 4.79 Å². The Morgan fingerprint density at radius 2 is 1.92 bits per heavy atom.